The van der Waals surface area contributed by atoms with E-state index in [0.717, 1.165) is 21.3 Å². The molecule has 0 radical (unpaired) electrons. The zero-order valence-corrected chi connectivity index (χ0v) is 14.0. The third-order valence-corrected chi connectivity index (χ3v) is 4.09. The van der Waals surface area contributed by atoms with Crippen LogP contribution in [0, 0.1) is 0 Å². The van der Waals surface area contributed by atoms with Gasteiger partial charge in [-0.25, -0.2) is 0 Å². The van der Waals surface area contributed by atoms with Crippen LogP contribution in [0.4, 0.5) is 0 Å². The molecule has 0 spiro atoms. The zero-order valence-electron chi connectivity index (χ0n) is 10.9. The molecule has 1 unspecified atom stereocenters. The topological polar surface area (TPSA) is 35.2 Å². The van der Waals surface area contributed by atoms with Crippen LogP contribution in [-0.2, 0) is 0 Å². The van der Waals surface area contributed by atoms with E-state index in [1.54, 1.807) is 12.1 Å². The highest BCUT2D eigenvalue weighted by Crippen LogP contribution is 2.33. The number of hydrogen-bond donors (Lipinski definition) is 1. The summed E-state index contributed by atoms with van der Waals surface area (Å²) in [6.45, 7) is 2.56. The molecule has 106 valence electrons. The molecule has 0 heterocycles. The molecule has 5 heteroatoms. The van der Waals surface area contributed by atoms with Gasteiger partial charge in [0, 0.05) is 10.0 Å². The van der Waals surface area contributed by atoms with Crippen LogP contribution in [-0.4, -0.2) is 6.61 Å². The highest BCUT2D eigenvalue weighted by molar-refractivity contribution is 9.10. The maximum atomic E-state index is 6.27. The Labute approximate surface area is 137 Å². The molecule has 0 aliphatic heterocycles. The van der Waals surface area contributed by atoms with Gasteiger partial charge in [0.25, 0.3) is 0 Å². The van der Waals surface area contributed by atoms with E-state index in [1.807, 2.05) is 31.2 Å². The smallest absolute Gasteiger partial charge is 0.133 e. The minimum atomic E-state index is -0.313. The van der Waals surface area contributed by atoms with Crippen molar-refractivity contribution in [2.24, 2.45) is 5.73 Å². The Hall–Kier alpha value is -0.740. The molecule has 1 atom stereocenters. The monoisotopic (exact) mass is 373 g/mol. The second-order valence-corrected chi connectivity index (χ2v) is 5.96. The van der Waals surface area contributed by atoms with Gasteiger partial charge >= 0.3 is 0 Å². The second kappa shape index (κ2) is 6.81. The van der Waals surface area contributed by atoms with E-state index in [4.69, 9.17) is 33.7 Å². The van der Waals surface area contributed by atoms with Crippen LogP contribution in [0.15, 0.2) is 40.9 Å². The van der Waals surface area contributed by atoms with Crippen molar-refractivity contribution < 1.29 is 4.74 Å². The molecular formula is C15H14BrCl2NO. The summed E-state index contributed by atoms with van der Waals surface area (Å²) in [5.74, 6) is 0.797. The van der Waals surface area contributed by atoms with Gasteiger partial charge in [-0.3, -0.25) is 0 Å². The minimum absolute atomic E-state index is 0.313. The number of benzene rings is 2. The lowest BCUT2D eigenvalue weighted by Crippen LogP contribution is -2.12. The first-order valence-corrected chi connectivity index (χ1v) is 7.70. The number of rotatable bonds is 4. The van der Waals surface area contributed by atoms with E-state index in [0.29, 0.717) is 16.7 Å². The number of nitrogens with two attached hydrogens (primary N) is 1. The highest BCUT2D eigenvalue weighted by atomic mass is 79.9. The van der Waals surface area contributed by atoms with Crippen molar-refractivity contribution in [3.8, 4) is 5.75 Å². The largest absolute Gasteiger partial charge is 0.493 e. The molecule has 0 fully saturated rings. The molecule has 0 amide bonds. The summed E-state index contributed by atoms with van der Waals surface area (Å²) < 4.78 is 6.36. The van der Waals surface area contributed by atoms with Gasteiger partial charge in [0.2, 0.25) is 0 Å². The van der Waals surface area contributed by atoms with E-state index >= 15 is 0 Å². The van der Waals surface area contributed by atoms with E-state index in [9.17, 15) is 0 Å². The van der Waals surface area contributed by atoms with Crippen molar-refractivity contribution in [3.63, 3.8) is 0 Å². The average molecular weight is 375 g/mol. The first-order valence-electron chi connectivity index (χ1n) is 6.15. The Morgan fingerprint density at radius 1 is 1.20 bits per heavy atom. The number of halogens is 3. The Morgan fingerprint density at radius 3 is 2.55 bits per heavy atom. The summed E-state index contributed by atoms with van der Waals surface area (Å²) in [6.07, 6.45) is 0. The van der Waals surface area contributed by atoms with Crippen LogP contribution >= 0.6 is 39.1 Å². The van der Waals surface area contributed by atoms with Gasteiger partial charge in [0.1, 0.15) is 5.75 Å². The quantitative estimate of drug-likeness (QED) is 0.797. The lowest BCUT2D eigenvalue weighted by molar-refractivity contribution is 0.338. The van der Waals surface area contributed by atoms with Crippen LogP contribution in [0.1, 0.15) is 24.1 Å². The third kappa shape index (κ3) is 3.47. The molecule has 2 N–H and O–H groups in total. The summed E-state index contributed by atoms with van der Waals surface area (Å²) in [5.41, 5.74) is 8.06. The number of hydrogen-bond acceptors (Lipinski definition) is 2. The minimum Gasteiger partial charge on any atom is -0.493 e. The van der Waals surface area contributed by atoms with Crippen molar-refractivity contribution in [2.45, 2.75) is 13.0 Å². The molecule has 0 saturated heterocycles. The predicted octanol–water partition coefficient (Wildman–Crippen LogP) is 5.20. The Morgan fingerprint density at radius 2 is 1.95 bits per heavy atom. The maximum Gasteiger partial charge on any atom is 0.133 e. The van der Waals surface area contributed by atoms with Crippen molar-refractivity contribution in [3.05, 3.63) is 62.0 Å². The summed E-state index contributed by atoms with van der Waals surface area (Å²) >= 11 is 15.6. The molecule has 2 aromatic rings. The van der Waals surface area contributed by atoms with E-state index in [2.05, 4.69) is 15.9 Å². The van der Waals surface area contributed by atoms with Crippen LogP contribution in [0.3, 0.4) is 0 Å². The SMILES string of the molecule is CCOc1ccc(C(N)c2ccc(Cl)cc2Cl)cc1Br. The normalized spacial score (nSPS) is 12.2. The van der Waals surface area contributed by atoms with Crippen LogP contribution in [0.5, 0.6) is 5.75 Å². The summed E-state index contributed by atoms with van der Waals surface area (Å²) in [6, 6.07) is 10.8. The molecule has 0 saturated carbocycles. The van der Waals surface area contributed by atoms with Crippen molar-refractivity contribution in [2.75, 3.05) is 6.61 Å². The predicted molar refractivity (Wildman–Crippen MR) is 87.8 cm³/mol. The number of ether oxygens (including phenoxy) is 1. The van der Waals surface area contributed by atoms with Gasteiger partial charge in [-0.2, -0.15) is 0 Å². The molecule has 0 aliphatic rings. The van der Waals surface area contributed by atoms with Gasteiger partial charge in [-0.15, -0.1) is 0 Å². The molecule has 2 aromatic carbocycles. The van der Waals surface area contributed by atoms with Crippen molar-refractivity contribution >= 4 is 39.1 Å². The Bertz CT molecular complexity index is 619. The van der Waals surface area contributed by atoms with Crippen LogP contribution in [0.25, 0.3) is 0 Å². The molecule has 2 nitrogen and oxygen atoms in total. The molecule has 20 heavy (non-hydrogen) atoms. The Kier molecular flexibility index (Phi) is 5.33. The fourth-order valence-corrected chi connectivity index (χ4v) is 2.95. The highest BCUT2D eigenvalue weighted by Gasteiger charge is 2.14. The van der Waals surface area contributed by atoms with Gasteiger partial charge in [0.15, 0.2) is 0 Å². The lowest BCUT2D eigenvalue weighted by atomic mass is 9.99. The zero-order chi connectivity index (χ0) is 14.7. The molecule has 0 bridgehead atoms. The lowest BCUT2D eigenvalue weighted by Gasteiger charge is -2.16. The average Bonchev–Trinajstić information content (AvgIpc) is 2.40. The van der Waals surface area contributed by atoms with Crippen LogP contribution in [0.2, 0.25) is 10.0 Å². The first-order chi connectivity index (χ1) is 9.52. The molecule has 2 rings (SSSR count). The van der Waals surface area contributed by atoms with Gasteiger partial charge in [-0.1, -0.05) is 35.3 Å². The second-order valence-electron chi connectivity index (χ2n) is 4.27. The standard InChI is InChI=1S/C15H14BrCl2NO/c1-2-20-14-6-3-9(7-12(14)16)15(19)11-5-4-10(17)8-13(11)18/h3-8,15H,2,19H2,1H3. The van der Waals surface area contributed by atoms with E-state index in [1.165, 1.54) is 0 Å². The summed E-state index contributed by atoms with van der Waals surface area (Å²) in [4.78, 5) is 0. The maximum absolute atomic E-state index is 6.27. The summed E-state index contributed by atoms with van der Waals surface area (Å²) in [7, 11) is 0. The van der Waals surface area contributed by atoms with Gasteiger partial charge in [-0.05, 0) is 58.2 Å². The van der Waals surface area contributed by atoms with Crippen molar-refractivity contribution in [1.82, 2.24) is 0 Å². The summed E-state index contributed by atoms with van der Waals surface area (Å²) in [5, 5.41) is 1.16. The molecule has 0 aromatic heterocycles. The van der Waals surface area contributed by atoms with Gasteiger partial charge < -0.3 is 10.5 Å². The fraction of sp³-hybridized carbons (Fsp3) is 0.200. The van der Waals surface area contributed by atoms with Gasteiger partial charge in [0.05, 0.1) is 17.1 Å². The first kappa shape index (κ1) is 15.6. The molecular weight excluding hydrogens is 361 g/mol. The fourth-order valence-electron chi connectivity index (χ4n) is 1.92. The van der Waals surface area contributed by atoms with E-state index < -0.39 is 0 Å². The molecule has 0 aliphatic carbocycles. The van der Waals surface area contributed by atoms with E-state index in [-0.39, 0.29) is 6.04 Å². The Balaban J connectivity index is 2.33. The van der Waals surface area contributed by atoms with Crippen molar-refractivity contribution in [1.29, 1.82) is 0 Å². The van der Waals surface area contributed by atoms with Crippen LogP contribution < -0.4 is 10.5 Å². The third-order valence-electron chi connectivity index (χ3n) is 2.91.